The monoisotopic (exact) mass is 344 g/mol. The summed E-state index contributed by atoms with van der Waals surface area (Å²) >= 11 is 5.83. The molecule has 0 fully saturated rings. The molecule has 6 nitrogen and oxygen atoms in total. The van der Waals surface area contributed by atoms with Crippen LogP contribution in [-0.2, 0) is 4.74 Å². The maximum absolute atomic E-state index is 12.1. The molecule has 1 heterocycles. The number of carbonyl (C=O) groups is 1. The molecule has 7 heteroatoms. The third-order valence-corrected chi connectivity index (χ3v) is 3.51. The molecule has 1 atom stereocenters. The molecule has 0 unspecified atom stereocenters. The second-order valence-corrected chi connectivity index (χ2v) is 5.46. The van der Waals surface area contributed by atoms with E-state index >= 15 is 0 Å². The third kappa shape index (κ3) is 3.38. The molecular weight excluding hydrogens is 332 g/mol. The van der Waals surface area contributed by atoms with Crippen molar-refractivity contribution in [2.24, 2.45) is 0 Å². The summed E-state index contributed by atoms with van der Waals surface area (Å²) in [6.45, 7) is 1.60. The number of esters is 1. The van der Waals surface area contributed by atoms with Crippen LogP contribution in [0.3, 0.4) is 0 Å². The molecule has 24 heavy (non-hydrogen) atoms. The smallest absolute Gasteiger partial charge is 0.342 e. The predicted octanol–water partition coefficient (Wildman–Crippen LogP) is 4.01. The SMILES string of the molecule is C[C@@H](OC(=O)c1cc(Cl)ccc1O)c1nnc(-c2ccccc2)o1. The summed E-state index contributed by atoms with van der Waals surface area (Å²) in [5.41, 5.74) is 0.736. The highest BCUT2D eigenvalue weighted by Crippen LogP contribution is 2.26. The van der Waals surface area contributed by atoms with Gasteiger partial charge in [0.1, 0.15) is 11.3 Å². The van der Waals surface area contributed by atoms with E-state index in [4.69, 9.17) is 20.8 Å². The molecule has 0 aliphatic carbocycles. The van der Waals surface area contributed by atoms with Gasteiger partial charge in [0.25, 0.3) is 5.89 Å². The highest BCUT2D eigenvalue weighted by atomic mass is 35.5. The van der Waals surface area contributed by atoms with Crippen LogP contribution in [0.2, 0.25) is 5.02 Å². The van der Waals surface area contributed by atoms with Crippen LogP contribution in [0.15, 0.2) is 52.9 Å². The standard InChI is InChI=1S/C17H13ClN2O4/c1-10(23-17(22)13-9-12(18)7-8-14(13)21)15-19-20-16(24-15)11-5-3-2-4-6-11/h2-10,21H,1H3/t10-/m1/s1. The molecule has 3 aromatic rings. The van der Waals surface area contributed by atoms with Gasteiger partial charge in [0.05, 0.1) is 0 Å². The van der Waals surface area contributed by atoms with E-state index in [1.165, 1.54) is 18.2 Å². The molecule has 1 aromatic heterocycles. The van der Waals surface area contributed by atoms with Crippen LogP contribution in [-0.4, -0.2) is 21.3 Å². The van der Waals surface area contributed by atoms with Gasteiger partial charge in [-0.05, 0) is 37.3 Å². The maximum Gasteiger partial charge on any atom is 0.342 e. The number of aromatic nitrogens is 2. The quantitative estimate of drug-likeness (QED) is 0.719. The fourth-order valence-corrected chi connectivity index (χ4v) is 2.21. The van der Waals surface area contributed by atoms with E-state index in [2.05, 4.69) is 10.2 Å². The Bertz CT molecular complexity index is 864. The topological polar surface area (TPSA) is 85.5 Å². The Kier molecular flexibility index (Phi) is 4.48. The van der Waals surface area contributed by atoms with E-state index < -0.39 is 12.1 Å². The summed E-state index contributed by atoms with van der Waals surface area (Å²) in [4.78, 5) is 12.1. The Hall–Kier alpha value is -2.86. The van der Waals surface area contributed by atoms with Crippen molar-refractivity contribution in [1.29, 1.82) is 0 Å². The average Bonchev–Trinajstić information content (AvgIpc) is 3.08. The summed E-state index contributed by atoms with van der Waals surface area (Å²) in [6.07, 6.45) is -0.777. The number of ether oxygens (including phenoxy) is 1. The lowest BCUT2D eigenvalue weighted by molar-refractivity contribution is 0.0277. The zero-order valence-corrected chi connectivity index (χ0v) is 13.4. The number of halogens is 1. The number of nitrogens with zero attached hydrogens (tertiary/aromatic N) is 2. The van der Waals surface area contributed by atoms with Crippen molar-refractivity contribution in [3.8, 4) is 17.2 Å². The molecule has 0 bridgehead atoms. The number of aromatic hydroxyl groups is 1. The van der Waals surface area contributed by atoms with E-state index in [-0.39, 0.29) is 17.2 Å². The van der Waals surface area contributed by atoms with Crippen molar-refractivity contribution in [2.75, 3.05) is 0 Å². The fourth-order valence-electron chi connectivity index (χ4n) is 2.04. The molecular formula is C17H13ClN2O4. The Labute approximate surface area is 142 Å². The molecule has 0 aliphatic heterocycles. The van der Waals surface area contributed by atoms with Gasteiger partial charge in [-0.25, -0.2) is 4.79 Å². The van der Waals surface area contributed by atoms with E-state index in [9.17, 15) is 9.90 Å². The molecule has 0 amide bonds. The zero-order valence-electron chi connectivity index (χ0n) is 12.6. The van der Waals surface area contributed by atoms with Crippen LogP contribution in [0, 0.1) is 0 Å². The van der Waals surface area contributed by atoms with Crippen molar-refractivity contribution in [3.05, 3.63) is 65.0 Å². The van der Waals surface area contributed by atoms with Crippen molar-refractivity contribution in [1.82, 2.24) is 10.2 Å². The zero-order chi connectivity index (χ0) is 17.1. The number of rotatable bonds is 4. The van der Waals surface area contributed by atoms with Crippen LogP contribution >= 0.6 is 11.6 Å². The molecule has 122 valence electrons. The average molecular weight is 345 g/mol. The minimum Gasteiger partial charge on any atom is -0.507 e. The van der Waals surface area contributed by atoms with Gasteiger partial charge in [-0.3, -0.25) is 0 Å². The van der Waals surface area contributed by atoms with Crippen molar-refractivity contribution in [2.45, 2.75) is 13.0 Å². The Balaban J connectivity index is 1.75. The summed E-state index contributed by atoms with van der Waals surface area (Å²) in [5.74, 6) is -0.461. The lowest BCUT2D eigenvalue weighted by Crippen LogP contribution is -2.09. The van der Waals surface area contributed by atoms with Crippen molar-refractivity contribution < 1.29 is 19.1 Å². The van der Waals surface area contributed by atoms with Crippen LogP contribution < -0.4 is 0 Å². The Morgan fingerprint density at radius 3 is 2.71 bits per heavy atom. The highest BCUT2D eigenvalue weighted by molar-refractivity contribution is 6.31. The van der Waals surface area contributed by atoms with Gasteiger partial charge in [0.15, 0.2) is 6.10 Å². The van der Waals surface area contributed by atoms with E-state index in [1.54, 1.807) is 6.92 Å². The maximum atomic E-state index is 12.1. The van der Waals surface area contributed by atoms with Gasteiger partial charge in [-0.15, -0.1) is 10.2 Å². The highest BCUT2D eigenvalue weighted by Gasteiger charge is 2.21. The molecule has 2 aromatic carbocycles. The van der Waals surface area contributed by atoms with Gasteiger partial charge in [-0.2, -0.15) is 0 Å². The van der Waals surface area contributed by atoms with Crippen LogP contribution in [0.4, 0.5) is 0 Å². The van der Waals surface area contributed by atoms with Gasteiger partial charge in [-0.1, -0.05) is 29.8 Å². The van der Waals surface area contributed by atoms with Gasteiger partial charge >= 0.3 is 5.97 Å². The largest absolute Gasteiger partial charge is 0.507 e. The minimum absolute atomic E-state index is 0.0304. The molecule has 3 rings (SSSR count). The third-order valence-electron chi connectivity index (χ3n) is 3.27. The number of phenolic OH excluding ortho intramolecular Hbond substituents is 1. The Morgan fingerprint density at radius 2 is 1.96 bits per heavy atom. The first-order valence-corrected chi connectivity index (χ1v) is 7.50. The fraction of sp³-hybridized carbons (Fsp3) is 0.118. The minimum atomic E-state index is -0.777. The number of benzene rings is 2. The van der Waals surface area contributed by atoms with Gasteiger partial charge in [0.2, 0.25) is 5.89 Å². The Morgan fingerprint density at radius 1 is 1.21 bits per heavy atom. The van der Waals surface area contributed by atoms with Gasteiger partial charge < -0.3 is 14.3 Å². The van der Waals surface area contributed by atoms with Crippen LogP contribution in [0.1, 0.15) is 29.3 Å². The predicted molar refractivity (Wildman–Crippen MR) is 86.7 cm³/mol. The van der Waals surface area contributed by atoms with E-state index in [0.717, 1.165) is 5.56 Å². The molecule has 1 N–H and O–H groups in total. The number of hydrogen-bond acceptors (Lipinski definition) is 6. The summed E-state index contributed by atoms with van der Waals surface area (Å²) in [5, 5.41) is 17.9. The normalized spacial score (nSPS) is 11.9. The second-order valence-electron chi connectivity index (χ2n) is 5.02. The van der Waals surface area contributed by atoms with Crippen molar-refractivity contribution >= 4 is 17.6 Å². The molecule has 0 radical (unpaired) electrons. The molecule has 0 saturated heterocycles. The van der Waals surface area contributed by atoms with E-state index in [0.29, 0.717) is 10.9 Å². The first-order chi connectivity index (χ1) is 11.5. The number of carbonyl (C=O) groups excluding carboxylic acids is 1. The first-order valence-electron chi connectivity index (χ1n) is 7.13. The van der Waals surface area contributed by atoms with Gasteiger partial charge in [0, 0.05) is 10.6 Å². The second kappa shape index (κ2) is 6.72. The summed E-state index contributed by atoms with van der Waals surface area (Å²) in [6, 6.07) is 13.4. The van der Waals surface area contributed by atoms with Crippen molar-refractivity contribution in [3.63, 3.8) is 0 Å². The molecule has 0 saturated carbocycles. The number of phenols is 1. The molecule has 0 spiro atoms. The number of hydrogen-bond donors (Lipinski definition) is 1. The lowest BCUT2D eigenvalue weighted by atomic mass is 10.2. The van der Waals surface area contributed by atoms with Crippen LogP contribution in [0.5, 0.6) is 5.75 Å². The lowest BCUT2D eigenvalue weighted by Gasteiger charge is -2.10. The molecule has 0 aliphatic rings. The summed E-state index contributed by atoms with van der Waals surface area (Å²) < 4.78 is 10.8. The van der Waals surface area contributed by atoms with E-state index in [1.807, 2.05) is 30.3 Å². The first kappa shape index (κ1) is 16.0. The van der Waals surface area contributed by atoms with Crippen LogP contribution in [0.25, 0.3) is 11.5 Å². The summed E-state index contributed by atoms with van der Waals surface area (Å²) in [7, 11) is 0.